The van der Waals surface area contributed by atoms with Crippen LogP contribution in [0.2, 0.25) is 0 Å². The summed E-state index contributed by atoms with van der Waals surface area (Å²) in [5.41, 5.74) is 3.28. The van der Waals surface area contributed by atoms with Crippen molar-refractivity contribution in [2.24, 2.45) is 5.10 Å². The van der Waals surface area contributed by atoms with Gasteiger partial charge in [0.15, 0.2) is 0 Å². The average molecular weight is 449 g/mol. The summed E-state index contributed by atoms with van der Waals surface area (Å²) in [4.78, 5) is 10.4. The normalized spacial score (nSPS) is 20.0. The van der Waals surface area contributed by atoms with E-state index in [2.05, 4.69) is 10.5 Å². The molecule has 0 amide bonds. The van der Waals surface area contributed by atoms with E-state index >= 15 is 0 Å². The number of methoxy groups -OCH3 is 1. The number of non-ortho nitro benzene ring substituents is 1. The van der Waals surface area contributed by atoms with Gasteiger partial charge in [-0.1, -0.05) is 0 Å². The van der Waals surface area contributed by atoms with Crippen molar-refractivity contribution >= 4 is 27.6 Å². The van der Waals surface area contributed by atoms with Gasteiger partial charge >= 0.3 is 0 Å². The maximum absolute atomic E-state index is 13.3. The molecule has 0 unspecified atom stereocenters. The van der Waals surface area contributed by atoms with Crippen molar-refractivity contribution in [3.8, 4) is 5.75 Å². The summed E-state index contributed by atoms with van der Waals surface area (Å²) in [5.74, 6) is 0.697. The lowest BCUT2D eigenvalue weighted by molar-refractivity contribution is -0.385. The van der Waals surface area contributed by atoms with Crippen LogP contribution in [-0.4, -0.2) is 56.3 Å². The molecule has 0 saturated carbocycles. The van der Waals surface area contributed by atoms with Crippen molar-refractivity contribution in [3.63, 3.8) is 0 Å². The molecule has 1 fully saturated rings. The lowest BCUT2D eigenvalue weighted by Crippen LogP contribution is -2.48. The summed E-state index contributed by atoms with van der Waals surface area (Å²) in [7, 11) is -2.46. The third-order valence-electron chi connectivity index (χ3n) is 4.69. The molecule has 0 bridgehead atoms. The van der Waals surface area contributed by atoms with Crippen molar-refractivity contribution in [1.82, 2.24) is 4.31 Å². The number of benzene rings is 2. The third kappa shape index (κ3) is 5.37. The number of nitro benzene ring substituents is 1. The van der Waals surface area contributed by atoms with E-state index in [1.807, 2.05) is 0 Å². The first kappa shape index (κ1) is 22.7. The molecule has 1 aliphatic rings. The lowest BCUT2D eigenvalue weighted by Gasteiger charge is -2.34. The number of morpholine rings is 1. The van der Waals surface area contributed by atoms with E-state index in [4.69, 9.17) is 9.47 Å². The van der Waals surface area contributed by atoms with Crippen LogP contribution >= 0.6 is 0 Å². The molecule has 31 heavy (non-hydrogen) atoms. The second kappa shape index (κ2) is 9.41. The largest absolute Gasteiger partial charge is 0.497 e. The number of ether oxygens (including phenoxy) is 2. The van der Waals surface area contributed by atoms with E-state index in [1.54, 1.807) is 45.2 Å². The van der Waals surface area contributed by atoms with Gasteiger partial charge in [0.05, 0.1) is 36.1 Å². The zero-order valence-corrected chi connectivity index (χ0v) is 18.2. The summed E-state index contributed by atoms with van der Waals surface area (Å²) in [5, 5.41) is 15.3. The number of hydrazone groups is 1. The van der Waals surface area contributed by atoms with E-state index in [-0.39, 0.29) is 41.6 Å². The van der Waals surface area contributed by atoms with Crippen molar-refractivity contribution in [2.45, 2.75) is 31.0 Å². The van der Waals surface area contributed by atoms with Crippen LogP contribution in [-0.2, 0) is 14.8 Å². The Hall–Kier alpha value is -3.02. The summed E-state index contributed by atoms with van der Waals surface area (Å²) in [6.45, 7) is 3.88. The van der Waals surface area contributed by atoms with Crippen LogP contribution < -0.4 is 10.2 Å². The van der Waals surface area contributed by atoms with E-state index in [0.29, 0.717) is 5.75 Å². The molecule has 0 aromatic heterocycles. The zero-order valence-electron chi connectivity index (χ0n) is 17.4. The fourth-order valence-electron chi connectivity index (χ4n) is 3.26. The Kier molecular flexibility index (Phi) is 6.88. The first-order chi connectivity index (χ1) is 14.7. The Bertz CT molecular complexity index is 1060. The minimum atomic E-state index is -4.02. The molecule has 0 spiro atoms. The van der Waals surface area contributed by atoms with Crippen molar-refractivity contribution in [1.29, 1.82) is 0 Å². The standard InChI is InChI=1S/C20H24N4O6S/c1-14-12-23(13-15(2)30-14)31(27,28)20-10-17(24(25)26)6-9-19(20)22-21-11-16-4-7-18(29-3)8-5-16/h4-11,14-15,22H,12-13H2,1-3H3/b21-11-/t14-,15+. The van der Waals surface area contributed by atoms with Crippen LogP contribution in [0, 0.1) is 10.1 Å². The minimum Gasteiger partial charge on any atom is -0.497 e. The Morgan fingerprint density at radius 3 is 2.42 bits per heavy atom. The molecule has 1 aliphatic heterocycles. The maximum Gasteiger partial charge on any atom is 0.270 e. The SMILES string of the molecule is COc1ccc(/C=N\Nc2ccc([N+](=O)[O-])cc2S(=O)(=O)N2C[C@@H](C)O[C@@H](C)C2)cc1. The maximum atomic E-state index is 13.3. The number of sulfonamides is 1. The fraction of sp³-hybridized carbons (Fsp3) is 0.350. The van der Waals surface area contributed by atoms with E-state index in [0.717, 1.165) is 11.6 Å². The summed E-state index contributed by atoms with van der Waals surface area (Å²) >= 11 is 0. The van der Waals surface area contributed by atoms with Gasteiger partial charge in [0.25, 0.3) is 5.69 Å². The molecule has 166 valence electrons. The first-order valence-corrected chi connectivity index (χ1v) is 11.0. The highest BCUT2D eigenvalue weighted by Crippen LogP contribution is 2.30. The molecule has 10 nitrogen and oxygen atoms in total. The minimum absolute atomic E-state index is 0.141. The van der Waals surface area contributed by atoms with Crippen LogP contribution in [0.5, 0.6) is 5.75 Å². The topological polar surface area (TPSA) is 123 Å². The van der Waals surface area contributed by atoms with Crippen LogP contribution in [0.3, 0.4) is 0 Å². The first-order valence-electron chi connectivity index (χ1n) is 9.58. The number of hydrogen-bond acceptors (Lipinski definition) is 8. The van der Waals surface area contributed by atoms with Gasteiger partial charge in [-0.2, -0.15) is 9.41 Å². The van der Waals surface area contributed by atoms with Gasteiger partial charge in [0.1, 0.15) is 10.6 Å². The third-order valence-corrected chi connectivity index (χ3v) is 6.57. The van der Waals surface area contributed by atoms with Crippen molar-refractivity contribution in [3.05, 3.63) is 58.1 Å². The number of nitrogens with one attached hydrogen (secondary N) is 1. The fourth-order valence-corrected chi connectivity index (χ4v) is 5.01. The molecule has 2 aromatic rings. The van der Waals surface area contributed by atoms with E-state index < -0.39 is 14.9 Å². The number of nitro groups is 1. The van der Waals surface area contributed by atoms with Gasteiger partial charge in [-0.25, -0.2) is 8.42 Å². The van der Waals surface area contributed by atoms with Crippen LogP contribution in [0.25, 0.3) is 0 Å². The quantitative estimate of drug-likeness (QED) is 0.392. The number of rotatable bonds is 7. The summed E-state index contributed by atoms with van der Waals surface area (Å²) in [6.07, 6.45) is 0.930. The van der Waals surface area contributed by atoms with Crippen LogP contribution in [0.15, 0.2) is 52.5 Å². The number of anilines is 1. The molecule has 1 N–H and O–H groups in total. The van der Waals surface area contributed by atoms with E-state index in [1.165, 1.54) is 22.7 Å². The average Bonchev–Trinajstić information content (AvgIpc) is 2.73. The van der Waals surface area contributed by atoms with Crippen molar-refractivity contribution in [2.75, 3.05) is 25.6 Å². The van der Waals surface area contributed by atoms with Gasteiger partial charge < -0.3 is 9.47 Å². The highest BCUT2D eigenvalue weighted by Gasteiger charge is 2.34. The molecule has 2 aromatic carbocycles. The second-order valence-electron chi connectivity index (χ2n) is 7.16. The lowest BCUT2D eigenvalue weighted by atomic mass is 10.2. The second-order valence-corrected chi connectivity index (χ2v) is 9.07. The molecule has 0 aliphatic carbocycles. The zero-order chi connectivity index (χ0) is 22.6. The summed E-state index contributed by atoms with van der Waals surface area (Å²) < 4.78 is 38.6. The van der Waals surface area contributed by atoms with Crippen LogP contribution in [0.4, 0.5) is 11.4 Å². The Morgan fingerprint density at radius 2 is 1.84 bits per heavy atom. The Morgan fingerprint density at radius 1 is 1.19 bits per heavy atom. The number of hydrogen-bond donors (Lipinski definition) is 1. The smallest absolute Gasteiger partial charge is 0.270 e. The predicted octanol–water partition coefficient (Wildman–Crippen LogP) is 2.85. The van der Waals surface area contributed by atoms with Gasteiger partial charge in [0.2, 0.25) is 10.0 Å². The highest BCUT2D eigenvalue weighted by atomic mass is 32.2. The van der Waals surface area contributed by atoms with Gasteiger partial charge in [-0.05, 0) is 49.7 Å². The monoisotopic (exact) mass is 448 g/mol. The molecular weight excluding hydrogens is 424 g/mol. The molecule has 3 rings (SSSR count). The van der Waals surface area contributed by atoms with Gasteiger partial charge in [-0.3, -0.25) is 15.5 Å². The van der Waals surface area contributed by atoms with Crippen LogP contribution in [0.1, 0.15) is 19.4 Å². The predicted molar refractivity (Wildman–Crippen MR) is 116 cm³/mol. The molecule has 11 heteroatoms. The summed E-state index contributed by atoms with van der Waals surface area (Å²) in [6, 6.07) is 10.7. The Labute approximate surface area is 180 Å². The van der Waals surface area contributed by atoms with Gasteiger partial charge in [0, 0.05) is 25.2 Å². The molecule has 1 heterocycles. The van der Waals surface area contributed by atoms with E-state index in [9.17, 15) is 18.5 Å². The Balaban J connectivity index is 1.91. The number of nitrogens with zero attached hydrogens (tertiary/aromatic N) is 3. The highest BCUT2D eigenvalue weighted by molar-refractivity contribution is 7.89. The van der Waals surface area contributed by atoms with Crippen molar-refractivity contribution < 1.29 is 22.8 Å². The molecule has 2 atom stereocenters. The molecule has 1 saturated heterocycles. The molecule has 0 radical (unpaired) electrons. The van der Waals surface area contributed by atoms with Gasteiger partial charge in [-0.15, -0.1) is 0 Å². The molecular formula is C20H24N4O6S.